The molecule has 2 N–H and O–H groups in total. The van der Waals surface area contributed by atoms with E-state index in [1.807, 2.05) is 13.8 Å². The molecule has 204 valence electrons. The number of carbonyl (C=O) groups excluding carboxylic acids is 1. The Balaban J connectivity index is 1.85. The Hall–Kier alpha value is -3.73. The third-order valence-electron chi connectivity index (χ3n) is 5.84. The molecule has 0 saturated heterocycles. The summed E-state index contributed by atoms with van der Waals surface area (Å²) in [5.41, 5.74) is -0.538. The van der Waals surface area contributed by atoms with Gasteiger partial charge in [-0.15, -0.1) is 0 Å². The molecule has 3 rings (SSSR count). The summed E-state index contributed by atoms with van der Waals surface area (Å²) >= 11 is 5.97. The number of carbonyl (C=O) groups is 2. The highest BCUT2D eigenvalue weighted by atomic mass is 35.5. The van der Waals surface area contributed by atoms with Gasteiger partial charge in [-0.05, 0) is 43.2 Å². The molecule has 8 nitrogen and oxygen atoms in total. The molecule has 38 heavy (non-hydrogen) atoms. The van der Waals surface area contributed by atoms with Gasteiger partial charge in [-0.1, -0.05) is 24.6 Å². The Bertz CT molecular complexity index is 1310. The second kappa shape index (κ2) is 12.2. The summed E-state index contributed by atoms with van der Waals surface area (Å²) in [6, 6.07) is 9.12. The van der Waals surface area contributed by atoms with Crippen LogP contribution in [0, 0.1) is 0 Å². The van der Waals surface area contributed by atoms with Crippen molar-refractivity contribution in [3.8, 4) is 11.6 Å². The van der Waals surface area contributed by atoms with E-state index in [-0.39, 0.29) is 29.1 Å². The fraction of sp³-hybridized carbons (Fsp3) is 0.346. The highest BCUT2D eigenvalue weighted by Gasteiger charge is 2.34. The van der Waals surface area contributed by atoms with Crippen LogP contribution >= 0.6 is 11.6 Å². The third kappa shape index (κ3) is 7.18. The van der Waals surface area contributed by atoms with Crippen molar-refractivity contribution in [2.75, 3.05) is 19.0 Å². The second-order valence-electron chi connectivity index (χ2n) is 8.51. The van der Waals surface area contributed by atoms with Gasteiger partial charge < -0.3 is 24.5 Å². The zero-order valence-electron chi connectivity index (χ0n) is 20.9. The van der Waals surface area contributed by atoms with Crippen LogP contribution in [0.2, 0.25) is 5.15 Å². The number of carboxylic acid groups (broad SMARTS) is 1. The van der Waals surface area contributed by atoms with E-state index in [1.54, 1.807) is 16.7 Å². The summed E-state index contributed by atoms with van der Waals surface area (Å²) in [7, 11) is 1.45. The Morgan fingerprint density at radius 1 is 1.18 bits per heavy atom. The standard InChI is InChI=1S/C26H27ClF3N3O5/c1-4-15(2)33-17(9-10-38-18-13-22(27)32-23(14-18)37-3)6-8-21(33)25(36)31-20-11-16(12-24(34)35)5-7-19(20)26(28,29)30/h5-8,11,13-15H,4,9-10,12H2,1-3H3,(H,31,36)(H,34,35)/t15-/m0/s1. The van der Waals surface area contributed by atoms with Crippen LogP contribution in [0.15, 0.2) is 42.5 Å². The summed E-state index contributed by atoms with van der Waals surface area (Å²) in [5, 5.41) is 11.6. The molecule has 3 aromatic rings. The highest BCUT2D eigenvalue weighted by Crippen LogP contribution is 2.36. The minimum atomic E-state index is -4.75. The van der Waals surface area contributed by atoms with Gasteiger partial charge in [0.2, 0.25) is 5.88 Å². The van der Waals surface area contributed by atoms with Crippen molar-refractivity contribution in [3.05, 3.63) is 70.1 Å². The first-order chi connectivity index (χ1) is 17.9. The fourth-order valence-corrected chi connectivity index (χ4v) is 4.10. The Kier molecular flexibility index (Phi) is 9.26. The first kappa shape index (κ1) is 28.8. The molecule has 2 heterocycles. The minimum Gasteiger partial charge on any atom is -0.493 e. The lowest BCUT2D eigenvalue weighted by atomic mass is 10.1. The number of nitrogens with one attached hydrogen (secondary N) is 1. The molecule has 0 aliphatic heterocycles. The van der Waals surface area contributed by atoms with Crippen molar-refractivity contribution >= 4 is 29.2 Å². The summed E-state index contributed by atoms with van der Waals surface area (Å²) < 4.78 is 53.4. The molecule has 0 bridgehead atoms. The average Bonchev–Trinajstić information content (AvgIpc) is 3.26. The van der Waals surface area contributed by atoms with E-state index >= 15 is 0 Å². The summed E-state index contributed by atoms with van der Waals surface area (Å²) in [5.74, 6) is -1.21. The van der Waals surface area contributed by atoms with Crippen molar-refractivity contribution in [2.24, 2.45) is 0 Å². The van der Waals surface area contributed by atoms with Crippen LogP contribution in [0.1, 0.15) is 53.6 Å². The van der Waals surface area contributed by atoms with E-state index in [1.165, 1.54) is 19.2 Å². The monoisotopic (exact) mass is 553 g/mol. The number of aromatic nitrogens is 2. The van der Waals surface area contributed by atoms with E-state index < -0.39 is 35.7 Å². The predicted molar refractivity (Wildman–Crippen MR) is 135 cm³/mol. The number of pyridine rings is 1. The summed E-state index contributed by atoms with van der Waals surface area (Å²) in [6.07, 6.45) is -4.18. The SMILES string of the molecule is CC[C@H](C)n1c(CCOc2cc(Cl)nc(OC)c2)ccc1C(=O)Nc1cc(CC(=O)O)ccc1C(F)(F)F. The van der Waals surface area contributed by atoms with Gasteiger partial charge in [0.1, 0.15) is 16.6 Å². The van der Waals surface area contributed by atoms with E-state index in [0.29, 0.717) is 24.5 Å². The van der Waals surface area contributed by atoms with Crippen LogP contribution in [0.4, 0.5) is 18.9 Å². The number of methoxy groups -OCH3 is 1. The summed E-state index contributed by atoms with van der Waals surface area (Å²) in [4.78, 5) is 28.2. The Morgan fingerprint density at radius 2 is 1.92 bits per heavy atom. The van der Waals surface area contributed by atoms with E-state index in [9.17, 15) is 22.8 Å². The number of carboxylic acids is 1. The smallest absolute Gasteiger partial charge is 0.418 e. The van der Waals surface area contributed by atoms with Gasteiger partial charge in [0, 0.05) is 30.3 Å². The molecular weight excluding hydrogens is 527 g/mol. The van der Waals surface area contributed by atoms with Crippen LogP contribution in [0.5, 0.6) is 11.6 Å². The maximum atomic E-state index is 13.6. The molecule has 0 aliphatic rings. The van der Waals surface area contributed by atoms with Gasteiger partial charge in [0.05, 0.1) is 31.4 Å². The zero-order chi connectivity index (χ0) is 28.0. The topological polar surface area (TPSA) is 103 Å². The largest absolute Gasteiger partial charge is 0.493 e. The van der Waals surface area contributed by atoms with Crippen LogP contribution in [-0.2, 0) is 23.8 Å². The number of alkyl halides is 3. The fourth-order valence-electron chi connectivity index (χ4n) is 3.91. The van der Waals surface area contributed by atoms with Crippen LogP contribution in [-0.4, -0.2) is 40.3 Å². The van der Waals surface area contributed by atoms with Crippen LogP contribution in [0.3, 0.4) is 0 Å². The number of aliphatic carboxylic acids is 1. The minimum absolute atomic E-state index is 0.129. The van der Waals surface area contributed by atoms with E-state index in [0.717, 1.165) is 23.9 Å². The number of ether oxygens (including phenoxy) is 2. The van der Waals surface area contributed by atoms with Gasteiger partial charge in [-0.25, -0.2) is 4.98 Å². The Labute approximate surface area is 222 Å². The van der Waals surface area contributed by atoms with Gasteiger partial charge in [-0.3, -0.25) is 9.59 Å². The molecule has 0 saturated carbocycles. The maximum absolute atomic E-state index is 13.6. The number of hydrogen-bond donors (Lipinski definition) is 2. The normalized spacial score (nSPS) is 12.2. The maximum Gasteiger partial charge on any atom is 0.418 e. The number of nitrogens with zero attached hydrogens (tertiary/aromatic N) is 2. The predicted octanol–water partition coefficient (Wildman–Crippen LogP) is 6.04. The number of hydrogen-bond acceptors (Lipinski definition) is 5. The molecule has 0 radical (unpaired) electrons. The zero-order valence-corrected chi connectivity index (χ0v) is 21.7. The van der Waals surface area contributed by atoms with E-state index in [4.69, 9.17) is 26.2 Å². The molecule has 2 aromatic heterocycles. The number of rotatable bonds is 11. The Morgan fingerprint density at radius 3 is 2.55 bits per heavy atom. The lowest BCUT2D eigenvalue weighted by molar-refractivity contribution is -0.137. The first-order valence-corrected chi connectivity index (χ1v) is 12.1. The molecule has 0 unspecified atom stereocenters. The molecular formula is C26H27ClF3N3O5. The highest BCUT2D eigenvalue weighted by molar-refractivity contribution is 6.29. The molecule has 0 fully saturated rings. The number of halogens is 4. The number of anilines is 1. The molecule has 1 atom stereocenters. The van der Waals surface area contributed by atoms with Crippen molar-refractivity contribution in [3.63, 3.8) is 0 Å². The van der Waals surface area contributed by atoms with Gasteiger partial charge >= 0.3 is 12.1 Å². The quantitative estimate of drug-likeness (QED) is 0.281. The number of benzene rings is 1. The number of amides is 1. The van der Waals surface area contributed by atoms with Crippen molar-refractivity contribution in [1.29, 1.82) is 0 Å². The molecule has 1 amide bonds. The third-order valence-corrected chi connectivity index (χ3v) is 6.03. The van der Waals surface area contributed by atoms with Crippen molar-refractivity contribution in [2.45, 2.75) is 45.3 Å². The van der Waals surface area contributed by atoms with Crippen LogP contribution in [0.25, 0.3) is 0 Å². The molecule has 0 spiro atoms. The first-order valence-electron chi connectivity index (χ1n) is 11.7. The van der Waals surface area contributed by atoms with Gasteiger partial charge in [0.25, 0.3) is 5.91 Å². The molecule has 1 aromatic carbocycles. The summed E-state index contributed by atoms with van der Waals surface area (Å²) in [6.45, 7) is 4.04. The molecule has 0 aliphatic carbocycles. The van der Waals surface area contributed by atoms with E-state index in [2.05, 4.69) is 10.3 Å². The lowest BCUT2D eigenvalue weighted by Gasteiger charge is -2.20. The van der Waals surface area contributed by atoms with Crippen molar-refractivity contribution in [1.82, 2.24) is 9.55 Å². The average molecular weight is 554 g/mol. The second-order valence-corrected chi connectivity index (χ2v) is 8.89. The molecule has 12 heteroatoms. The lowest BCUT2D eigenvalue weighted by Crippen LogP contribution is -2.22. The van der Waals surface area contributed by atoms with Crippen molar-refractivity contribution < 1.29 is 37.3 Å². The van der Waals surface area contributed by atoms with Crippen LogP contribution < -0.4 is 14.8 Å². The van der Waals surface area contributed by atoms with Gasteiger partial charge in [0.15, 0.2) is 0 Å². The van der Waals surface area contributed by atoms with Gasteiger partial charge in [-0.2, -0.15) is 13.2 Å².